The SMILES string of the molecule is COC(=O)/C=C/C(=O)c1ccccc1Cc1ccccc1. The highest BCUT2D eigenvalue weighted by molar-refractivity contribution is 6.07. The van der Waals surface area contributed by atoms with Gasteiger partial charge in [-0.15, -0.1) is 0 Å². The molecule has 0 saturated carbocycles. The number of esters is 1. The number of carbonyl (C=O) groups excluding carboxylic acids is 2. The summed E-state index contributed by atoms with van der Waals surface area (Å²) in [4.78, 5) is 23.2. The van der Waals surface area contributed by atoms with Crippen molar-refractivity contribution in [2.45, 2.75) is 6.42 Å². The van der Waals surface area contributed by atoms with Crippen LogP contribution in [0.25, 0.3) is 0 Å². The number of methoxy groups -OCH3 is 1. The van der Waals surface area contributed by atoms with Crippen molar-refractivity contribution in [3.05, 3.63) is 83.4 Å². The standard InChI is InChI=1S/C18H16O3/c1-21-18(20)12-11-17(19)16-10-6-5-9-15(16)13-14-7-3-2-4-8-14/h2-12H,13H2,1H3/b12-11+. The number of rotatable bonds is 5. The van der Waals surface area contributed by atoms with Crippen LogP contribution in [0.2, 0.25) is 0 Å². The van der Waals surface area contributed by atoms with Gasteiger partial charge in [-0.3, -0.25) is 4.79 Å². The molecule has 0 aliphatic rings. The summed E-state index contributed by atoms with van der Waals surface area (Å²) in [5.41, 5.74) is 2.67. The molecule has 0 aliphatic carbocycles. The first kappa shape index (κ1) is 14.7. The summed E-state index contributed by atoms with van der Waals surface area (Å²) in [6.07, 6.45) is 3.06. The van der Waals surface area contributed by atoms with Gasteiger partial charge in [0.1, 0.15) is 0 Å². The molecule has 0 amide bonds. The minimum absolute atomic E-state index is 0.202. The van der Waals surface area contributed by atoms with Gasteiger partial charge in [0.2, 0.25) is 0 Å². The van der Waals surface area contributed by atoms with Crippen molar-refractivity contribution in [2.75, 3.05) is 7.11 Å². The second kappa shape index (κ2) is 7.20. The fourth-order valence-corrected chi connectivity index (χ4v) is 2.03. The summed E-state index contributed by atoms with van der Waals surface area (Å²) in [5.74, 6) is -0.740. The Bertz CT molecular complexity index is 657. The second-order valence-electron chi connectivity index (χ2n) is 4.54. The fourth-order valence-electron chi connectivity index (χ4n) is 2.03. The number of benzene rings is 2. The molecule has 0 bridgehead atoms. The van der Waals surface area contributed by atoms with E-state index in [2.05, 4.69) is 4.74 Å². The molecular formula is C18H16O3. The van der Waals surface area contributed by atoms with E-state index >= 15 is 0 Å². The molecule has 2 aromatic carbocycles. The zero-order valence-electron chi connectivity index (χ0n) is 11.8. The molecule has 0 unspecified atom stereocenters. The van der Waals surface area contributed by atoms with Crippen LogP contribution >= 0.6 is 0 Å². The number of allylic oxidation sites excluding steroid dienone is 1. The number of carbonyl (C=O) groups is 2. The lowest BCUT2D eigenvalue weighted by molar-refractivity contribution is -0.134. The van der Waals surface area contributed by atoms with Gasteiger partial charge in [-0.2, -0.15) is 0 Å². The molecule has 2 aromatic rings. The highest BCUT2D eigenvalue weighted by Crippen LogP contribution is 2.15. The molecule has 3 nitrogen and oxygen atoms in total. The smallest absolute Gasteiger partial charge is 0.330 e. The maximum atomic E-state index is 12.2. The van der Waals surface area contributed by atoms with Crippen LogP contribution in [0.3, 0.4) is 0 Å². The molecule has 0 radical (unpaired) electrons. The largest absolute Gasteiger partial charge is 0.466 e. The van der Waals surface area contributed by atoms with Gasteiger partial charge in [0.25, 0.3) is 0 Å². The van der Waals surface area contributed by atoms with E-state index in [1.54, 1.807) is 6.07 Å². The van der Waals surface area contributed by atoms with Crippen molar-refractivity contribution in [3.63, 3.8) is 0 Å². The molecule has 0 atom stereocenters. The third-order valence-corrected chi connectivity index (χ3v) is 3.09. The molecular weight excluding hydrogens is 264 g/mol. The maximum absolute atomic E-state index is 12.2. The molecule has 0 saturated heterocycles. The first-order chi connectivity index (χ1) is 10.2. The molecule has 21 heavy (non-hydrogen) atoms. The van der Waals surface area contributed by atoms with Crippen molar-refractivity contribution in [2.24, 2.45) is 0 Å². The monoisotopic (exact) mass is 280 g/mol. The summed E-state index contributed by atoms with van der Waals surface area (Å²) in [7, 11) is 1.28. The van der Waals surface area contributed by atoms with E-state index in [0.717, 1.165) is 17.2 Å². The quantitative estimate of drug-likeness (QED) is 0.480. The molecule has 0 fully saturated rings. The van der Waals surface area contributed by atoms with Gasteiger partial charge in [-0.25, -0.2) is 4.79 Å². The Labute approximate surface area is 123 Å². The highest BCUT2D eigenvalue weighted by atomic mass is 16.5. The third kappa shape index (κ3) is 4.14. The number of hydrogen-bond acceptors (Lipinski definition) is 3. The zero-order valence-corrected chi connectivity index (χ0v) is 11.8. The van der Waals surface area contributed by atoms with Crippen LogP contribution in [0.4, 0.5) is 0 Å². The first-order valence-corrected chi connectivity index (χ1v) is 6.63. The van der Waals surface area contributed by atoms with Gasteiger partial charge in [0, 0.05) is 11.6 Å². The van der Waals surface area contributed by atoms with E-state index < -0.39 is 5.97 Å². The lowest BCUT2D eigenvalue weighted by atomic mass is 9.97. The van der Waals surface area contributed by atoms with Crippen LogP contribution in [0, 0.1) is 0 Å². The van der Waals surface area contributed by atoms with Crippen LogP contribution in [-0.4, -0.2) is 18.9 Å². The van der Waals surface area contributed by atoms with Crippen molar-refractivity contribution < 1.29 is 14.3 Å². The Hall–Kier alpha value is -2.68. The van der Waals surface area contributed by atoms with Crippen molar-refractivity contribution in [1.82, 2.24) is 0 Å². The third-order valence-electron chi connectivity index (χ3n) is 3.09. The van der Waals surface area contributed by atoms with E-state index in [-0.39, 0.29) is 5.78 Å². The van der Waals surface area contributed by atoms with Crippen molar-refractivity contribution in [3.8, 4) is 0 Å². The van der Waals surface area contributed by atoms with Crippen LogP contribution in [-0.2, 0) is 16.0 Å². The Morgan fingerprint density at radius 2 is 1.62 bits per heavy atom. The van der Waals surface area contributed by atoms with Gasteiger partial charge in [-0.1, -0.05) is 54.6 Å². The minimum Gasteiger partial charge on any atom is -0.466 e. The molecule has 2 rings (SSSR count). The van der Waals surface area contributed by atoms with Gasteiger partial charge >= 0.3 is 5.97 Å². The molecule has 0 aromatic heterocycles. The average Bonchev–Trinajstić information content (AvgIpc) is 2.53. The average molecular weight is 280 g/mol. The summed E-state index contributed by atoms with van der Waals surface area (Å²) < 4.78 is 4.48. The Balaban J connectivity index is 2.23. The maximum Gasteiger partial charge on any atom is 0.330 e. The summed E-state index contributed by atoms with van der Waals surface area (Å²) in [5, 5.41) is 0. The van der Waals surface area contributed by atoms with Gasteiger partial charge in [0.05, 0.1) is 7.11 Å². The first-order valence-electron chi connectivity index (χ1n) is 6.63. The van der Waals surface area contributed by atoms with Crippen molar-refractivity contribution >= 4 is 11.8 Å². The molecule has 106 valence electrons. The van der Waals surface area contributed by atoms with E-state index in [9.17, 15) is 9.59 Å². The van der Waals surface area contributed by atoms with Crippen LogP contribution < -0.4 is 0 Å². The number of ketones is 1. The number of hydrogen-bond donors (Lipinski definition) is 0. The minimum atomic E-state index is -0.538. The topological polar surface area (TPSA) is 43.4 Å². The van der Waals surface area contributed by atoms with E-state index in [1.807, 2.05) is 48.5 Å². The Kier molecular flexibility index (Phi) is 5.04. The predicted octanol–water partition coefficient (Wildman–Crippen LogP) is 3.19. The normalized spacial score (nSPS) is 10.5. The molecule has 0 heterocycles. The Morgan fingerprint density at radius 1 is 0.952 bits per heavy atom. The second-order valence-corrected chi connectivity index (χ2v) is 4.54. The molecule has 0 spiro atoms. The summed E-state index contributed by atoms with van der Waals surface area (Å²) in [6, 6.07) is 17.3. The van der Waals surface area contributed by atoms with E-state index in [0.29, 0.717) is 12.0 Å². The zero-order chi connectivity index (χ0) is 15.1. The lowest BCUT2D eigenvalue weighted by Crippen LogP contribution is -2.03. The number of ether oxygens (including phenoxy) is 1. The van der Waals surface area contributed by atoms with Crippen LogP contribution in [0.5, 0.6) is 0 Å². The molecule has 3 heteroatoms. The van der Waals surface area contributed by atoms with E-state index in [1.165, 1.54) is 13.2 Å². The lowest BCUT2D eigenvalue weighted by Gasteiger charge is -2.07. The van der Waals surface area contributed by atoms with Gasteiger partial charge in [-0.05, 0) is 23.6 Å². The van der Waals surface area contributed by atoms with Crippen molar-refractivity contribution in [1.29, 1.82) is 0 Å². The van der Waals surface area contributed by atoms with Crippen LogP contribution in [0.15, 0.2) is 66.7 Å². The predicted molar refractivity (Wildman–Crippen MR) is 81.2 cm³/mol. The molecule has 0 N–H and O–H groups in total. The summed E-state index contributed by atoms with van der Waals surface area (Å²) >= 11 is 0. The Morgan fingerprint density at radius 3 is 2.33 bits per heavy atom. The fraction of sp³-hybridized carbons (Fsp3) is 0.111. The van der Waals surface area contributed by atoms with Gasteiger partial charge < -0.3 is 4.74 Å². The molecule has 0 aliphatic heterocycles. The highest BCUT2D eigenvalue weighted by Gasteiger charge is 2.09. The van der Waals surface area contributed by atoms with Crippen LogP contribution in [0.1, 0.15) is 21.5 Å². The summed E-state index contributed by atoms with van der Waals surface area (Å²) in [6.45, 7) is 0. The van der Waals surface area contributed by atoms with E-state index in [4.69, 9.17) is 0 Å². The van der Waals surface area contributed by atoms with Gasteiger partial charge in [0.15, 0.2) is 5.78 Å².